The SMILES string of the molecule is C/C=C\c1ccc(C)cn1. The summed E-state index contributed by atoms with van der Waals surface area (Å²) in [4.78, 5) is 4.18. The van der Waals surface area contributed by atoms with E-state index in [0.29, 0.717) is 0 Å². The molecule has 0 aromatic carbocycles. The van der Waals surface area contributed by atoms with E-state index in [9.17, 15) is 0 Å². The quantitative estimate of drug-likeness (QED) is 0.573. The maximum absolute atomic E-state index is 4.18. The van der Waals surface area contributed by atoms with Gasteiger partial charge in [-0.05, 0) is 31.6 Å². The topological polar surface area (TPSA) is 12.9 Å². The van der Waals surface area contributed by atoms with Crippen LogP contribution in [0.3, 0.4) is 0 Å². The van der Waals surface area contributed by atoms with Gasteiger partial charge in [-0.1, -0.05) is 12.1 Å². The van der Waals surface area contributed by atoms with E-state index in [-0.39, 0.29) is 0 Å². The fourth-order valence-corrected chi connectivity index (χ4v) is 0.749. The Morgan fingerprint density at radius 1 is 1.40 bits per heavy atom. The summed E-state index contributed by atoms with van der Waals surface area (Å²) in [5.41, 5.74) is 2.22. The summed E-state index contributed by atoms with van der Waals surface area (Å²) in [5.74, 6) is 0. The lowest BCUT2D eigenvalue weighted by Gasteiger charge is -1.91. The van der Waals surface area contributed by atoms with Crippen LogP contribution < -0.4 is 0 Å². The van der Waals surface area contributed by atoms with E-state index < -0.39 is 0 Å². The minimum absolute atomic E-state index is 1.02. The molecule has 0 radical (unpaired) electrons. The molecule has 1 heteroatoms. The molecule has 0 aliphatic rings. The largest absolute Gasteiger partial charge is 0.257 e. The van der Waals surface area contributed by atoms with Crippen LogP contribution in [0.1, 0.15) is 18.2 Å². The summed E-state index contributed by atoms with van der Waals surface area (Å²) in [5, 5.41) is 0. The molecule has 1 rings (SSSR count). The summed E-state index contributed by atoms with van der Waals surface area (Å²) in [6.07, 6.45) is 5.84. The van der Waals surface area contributed by atoms with Crippen molar-refractivity contribution in [1.29, 1.82) is 0 Å². The first kappa shape index (κ1) is 7.00. The predicted octanol–water partition coefficient (Wildman–Crippen LogP) is 2.42. The second kappa shape index (κ2) is 3.16. The summed E-state index contributed by atoms with van der Waals surface area (Å²) < 4.78 is 0. The summed E-state index contributed by atoms with van der Waals surface area (Å²) in [6.45, 7) is 4.02. The van der Waals surface area contributed by atoms with Gasteiger partial charge in [0.15, 0.2) is 0 Å². The first-order chi connectivity index (χ1) is 4.83. The van der Waals surface area contributed by atoms with Gasteiger partial charge in [-0.3, -0.25) is 4.98 Å². The van der Waals surface area contributed by atoms with Crippen LogP contribution in [0.15, 0.2) is 24.4 Å². The van der Waals surface area contributed by atoms with Crippen molar-refractivity contribution in [3.05, 3.63) is 35.7 Å². The zero-order valence-corrected chi connectivity index (χ0v) is 6.33. The Morgan fingerprint density at radius 3 is 2.70 bits per heavy atom. The number of nitrogens with zero attached hydrogens (tertiary/aromatic N) is 1. The van der Waals surface area contributed by atoms with Gasteiger partial charge in [-0.2, -0.15) is 0 Å². The minimum Gasteiger partial charge on any atom is -0.257 e. The summed E-state index contributed by atoms with van der Waals surface area (Å²) >= 11 is 0. The van der Waals surface area contributed by atoms with Gasteiger partial charge in [0.2, 0.25) is 0 Å². The normalized spacial score (nSPS) is 10.6. The van der Waals surface area contributed by atoms with Gasteiger partial charge in [0.1, 0.15) is 0 Å². The van der Waals surface area contributed by atoms with Crippen molar-refractivity contribution in [3.63, 3.8) is 0 Å². The number of pyridine rings is 1. The zero-order valence-electron chi connectivity index (χ0n) is 6.33. The second-order valence-electron chi connectivity index (χ2n) is 2.26. The van der Waals surface area contributed by atoms with Crippen LogP contribution in [0.2, 0.25) is 0 Å². The molecule has 52 valence electrons. The third-order valence-corrected chi connectivity index (χ3v) is 1.27. The van der Waals surface area contributed by atoms with E-state index in [0.717, 1.165) is 5.69 Å². The molecule has 0 atom stereocenters. The van der Waals surface area contributed by atoms with Crippen molar-refractivity contribution in [2.45, 2.75) is 13.8 Å². The molecule has 0 spiro atoms. The molecule has 1 aromatic rings. The van der Waals surface area contributed by atoms with E-state index in [4.69, 9.17) is 0 Å². The molecule has 0 saturated carbocycles. The molecule has 1 heterocycles. The molecule has 0 saturated heterocycles. The van der Waals surface area contributed by atoms with Crippen molar-refractivity contribution >= 4 is 6.08 Å². The number of aryl methyl sites for hydroxylation is 1. The van der Waals surface area contributed by atoms with E-state index in [2.05, 4.69) is 11.1 Å². The number of rotatable bonds is 1. The van der Waals surface area contributed by atoms with Crippen molar-refractivity contribution in [2.75, 3.05) is 0 Å². The number of allylic oxidation sites excluding steroid dienone is 1. The number of hydrogen-bond acceptors (Lipinski definition) is 1. The predicted molar refractivity (Wildman–Crippen MR) is 43.7 cm³/mol. The first-order valence-electron chi connectivity index (χ1n) is 3.38. The lowest BCUT2D eigenvalue weighted by atomic mass is 10.3. The highest BCUT2D eigenvalue weighted by molar-refractivity contribution is 5.43. The highest BCUT2D eigenvalue weighted by Crippen LogP contribution is 1.99. The van der Waals surface area contributed by atoms with Gasteiger partial charge in [0, 0.05) is 6.20 Å². The second-order valence-corrected chi connectivity index (χ2v) is 2.26. The van der Waals surface area contributed by atoms with E-state index in [1.54, 1.807) is 0 Å². The van der Waals surface area contributed by atoms with Crippen LogP contribution in [0.5, 0.6) is 0 Å². The van der Waals surface area contributed by atoms with Gasteiger partial charge in [-0.25, -0.2) is 0 Å². The Hall–Kier alpha value is -1.11. The maximum atomic E-state index is 4.18. The average molecular weight is 133 g/mol. The van der Waals surface area contributed by atoms with Crippen molar-refractivity contribution in [3.8, 4) is 0 Å². The molecule has 0 aliphatic carbocycles. The third-order valence-electron chi connectivity index (χ3n) is 1.27. The molecule has 0 bridgehead atoms. The highest BCUT2D eigenvalue weighted by atomic mass is 14.7. The van der Waals surface area contributed by atoms with Crippen LogP contribution in [-0.4, -0.2) is 4.98 Å². The molecule has 10 heavy (non-hydrogen) atoms. The fourth-order valence-electron chi connectivity index (χ4n) is 0.749. The minimum atomic E-state index is 1.02. The van der Waals surface area contributed by atoms with Crippen molar-refractivity contribution in [2.24, 2.45) is 0 Å². The number of hydrogen-bond donors (Lipinski definition) is 0. The van der Waals surface area contributed by atoms with Crippen LogP contribution in [0.4, 0.5) is 0 Å². The van der Waals surface area contributed by atoms with Crippen LogP contribution in [0.25, 0.3) is 6.08 Å². The molecular formula is C9H11N. The van der Waals surface area contributed by atoms with Gasteiger partial charge >= 0.3 is 0 Å². The van der Waals surface area contributed by atoms with E-state index >= 15 is 0 Å². The Morgan fingerprint density at radius 2 is 2.20 bits per heavy atom. The lowest BCUT2D eigenvalue weighted by Crippen LogP contribution is -1.79. The Kier molecular flexibility index (Phi) is 2.21. The molecule has 0 aliphatic heterocycles. The highest BCUT2D eigenvalue weighted by Gasteiger charge is 1.84. The van der Waals surface area contributed by atoms with Crippen molar-refractivity contribution in [1.82, 2.24) is 4.98 Å². The van der Waals surface area contributed by atoms with Crippen LogP contribution in [0, 0.1) is 6.92 Å². The smallest absolute Gasteiger partial charge is 0.0626 e. The average Bonchev–Trinajstić information content (AvgIpc) is 1.95. The monoisotopic (exact) mass is 133 g/mol. The summed E-state index contributed by atoms with van der Waals surface area (Å²) in [7, 11) is 0. The Labute approximate surface area is 61.4 Å². The van der Waals surface area contributed by atoms with Gasteiger partial charge in [-0.15, -0.1) is 0 Å². The van der Waals surface area contributed by atoms with E-state index in [1.165, 1.54) is 5.56 Å². The maximum Gasteiger partial charge on any atom is 0.0626 e. The van der Waals surface area contributed by atoms with Gasteiger partial charge < -0.3 is 0 Å². The van der Waals surface area contributed by atoms with Gasteiger partial charge in [0.25, 0.3) is 0 Å². The van der Waals surface area contributed by atoms with E-state index in [1.807, 2.05) is 38.3 Å². The van der Waals surface area contributed by atoms with Gasteiger partial charge in [0.05, 0.1) is 5.69 Å². The molecular weight excluding hydrogens is 122 g/mol. The first-order valence-corrected chi connectivity index (χ1v) is 3.38. The molecule has 0 fully saturated rings. The lowest BCUT2D eigenvalue weighted by molar-refractivity contribution is 1.24. The molecule has 1 aromatic heterocycles. The molecule has 0 amide bonds. The van der Waals surface area contributed by atoms with Crippen molar-refractivity contribution < 1.29 is 0 Å². The molecule has 1 nitrogen and oxygen atoms in total. The Balaban J connectivity index is 2.89. The third kappa shape index (κ3) is 1.69. The molecule has 0 N–H and O–H groups in total. The molecule has 0 unspecified atom stereocenters. The standard InChI is InChI=1S/C9H11N/c1-3-4-9-6-5-8(2)7-10-9/h3-7H,1-2H3/b4-3-. The zero-order chi connectivity index (χ0) is 7.40. The van der Waals surface area contributed by atoms with Crippen LogP contribution >= 0.6 is 0 Å². The fraction of sp³-hybridized carbons (Fsp3) is 0.222. The van der Waals surface area contributed by atoms with Crippen LogP contribution in [-0.2, 0) is 0 Å². The summed E-state index contributed by atoms with van der Waals surface area (Å²) in [6, 6.07) is 4.07. The number of aromatic nitrogens is 1. The Bertz CT molecular complexity index is 221.